The lowest BCUT2D eigenvalue weighted by atomic mass is 10.1. The fourth-order valence-electron chi connectivity index (χ4n) is 1.76. The molecule has 0 amide bonds. The van der Waals surface area contributed by atoms with Crippen molar-refractivity contribution in [2.75, 3.05) is 11.5 Å². The molecule has 0 aliphatic carbocycles. The molecule has 132 valence electrons. The summed E-state index contributed by atoms with van der Waals surface area (Å²) in [6, 6.07) is 0. The molecule has 0 spiro atoms. The van der Waals surface area contributed by atoms with E-state index in [1.54, 1.807) is 0 Å². The minimum absolute atomic E-state index is 0.0833. The van der Waals surface area contributed by atoms with Crippen molar-refractivity contribution >= 4 is 40.2 Å². The zero-order chi connectivity index (χ0) is 16.9. The van der Waals surface area contributed by atoms with Crippen LogP contribution in [0.3, 0.4) is 0 Å². The van der Waals surface area contributed by atoms with Crippen molar-refractivity contribution in [1.82, 2.24) is 0 Å². The summed E-state index contributed by atoms with van der Waals surface area (Å²) in [6.45, 7) is 4.56. The Kier molecular flexibility index (Phi) is 26.2. The maximum atomic E-state index is 9.29. The summed E-state index contributed by atoms with van der Waals surface area (Å²) in [5.74, 6) is 0.235. The predicted octanol–water partition coefficient (Wildman–Crippen LogP) is 6.82. The van der Waals surface area contributed by atoms with Gasteiger partial charge in [-0.25, -0.2) is 0 Å². The lowest BCUT2D eigenvalue weighted by Crippen LogP contribution is -1.92. The first-order valence-corrected chi connectivity index (χ1v) is 11.5. The van der Waals surface area contributed by atoms with Gasteiger partial charge in [0.1, 0.15) is 0 Å². The van der Waals surface area contributed by atoms with Gasteiger partial charge in [0.2, 0.25) is 0 Å². The number of carboxylic acids is 1. The van der Waals surface area contributed by atoms with E-state index in [1.807, 2.05) is 21.6 Å². The maximum Gasteiger partial charge on any atom is 0.313 e. The Morgan fingerprint density at radius 3 is 1.59 bits per heavy atom. The summed E-state index contributed by atoms with van der Waals surface area (Å²) in [5.41, 5.74) is 0. The molecule has 0 aromatic carbocycles. The number of unbranched alkanes of at least 4 members (excludes halogenated alkanes) is 9. The van der Waals surface area contributed by atoms with Crippen molar-refractivity contribution in [3.63, 3.8) is 0 Å². The van der Waals surface area contributed by atoms with E-state index >= 15 is 0 Å². The first-order valence-electron chi connectivity index (χ1n) is 8.44. The van der Waals surface area contributed by atoms with E-state index in [0.717, 1.165) is 0 Å². The summed E-state index contributed by atoms with van der Waals surface area (Å²) in [7, 11) is 3.69. The number of carbonyl (C=O) groups is 1. The highest BCUT2D eigenvalue weighted by Gasteiger charge is 1.90. The van der Waals surface area contributed by atoms with Crippen LogP contribution in [-0.4, -0.2) is 22.6 Å². The molecule has 1 aliphatic heterocycles. The molecule has 0 fully saturated rings. The lowest BCUT2D eigenvalue weighted by Gasteiger charge is -1.99. The van der Waals surface area contributed by atoms with Crippen LogP contribution in [0.2, 0.25) is 0 Å². The highest BCUT2D eigenvalue weighted by atomic mass is 33.1. The van der Waals surface area contributed by atoms with Crippen molar-refractivity contribution < 1.29 is 9.90 Å². The zero-order valence-corrected chi connectivity index (χ0v) is 16.8. The van der Waals surface area contributed by atoms with Crippen LogP contribution in [0.4, 0.5) is 0 Å². The quantitative estimate of drug-likeness (QED) is 0.252. The van der Waals surface area contributed by atoms with Crippen LogP contribution in [0.25, 0.3) is 0 Å². The van der Waals surface area contributed by atoms with Gasteiger partial charge in [-0.05, 0) is 5.41 Å². The molecule has 2 nitrogen and oxygen atoms in total. The standard InChI is InChI=1S/C12H26.C3H4S2.C2H4O2S/c1-3-5-7-9-11-12-10-8-6-4-2;1-2-4-5-3-1;3-2(4)1-5/h3-12H2,1-2H3;1-2H,3H2;5H,1H2,(H,3,4). The van der Waals surface area contributed by atoms with E-state index in [4.69, 9.17) is 5.11 Å². The Hall–Kier alpha value is 0.260. The van der Waals surface area contributed by atoms with Gasteiger partial charge in [-0.2, -0.15) is 12.6 Å². The molecule has 0 radical (unpaired) electrons. The second kappa shape index (κ2) is 23.5. The molecule has 0 saturated carbocycles. The van der Waals surface area contributed by atoms with Crippen molar-refractivity contribution in [3.8, 4) is 0 Å². The predicted molar refractivity (Wildman–Crippen MR) is 108 cm³/mol. The Morgan fingerprint density at radius 2 is 1.41 bits per heavy atom. The molecule has 5 heteroatoms. The summed E-state index contributed by atoms with van der Waals surface area (Å²) in [4.78, 5) is 9.29. The molecule has 0 aromatic rings. The third-order valence-corrected chi connectivity index (χ3v) is 5.16. The molecule has 1 N–H and O–H groups in total. The van der Waals surface area contributed by atoms with Gasteiger partial charge in [0, 0.05) is 5.75 Å². The third kappa shape index (κ3) is 28.4. The van der Waals surface area contributed by atoms with Crippen LogP contribution in [0.15, 0.2) is 11.5 Å². The van der Waals surface area contributed by atoms with Gasteiger partial charge < -0.3 is 5.11 Å². The second-order valence-corrected chi connectivity index (χ2v) is 7.77. The smallest absolute Gasteiger partial charge is 0.313 e. The summed E-state index contributed by atoms with van der Waals surface area (Å²) >= 11 is 3.42. The molecular formula is C17H34O2S3. The van der Waals surface area contributed by atoms with Gasteiger partial charge in [-0.15, -0.1) is 0 Å². The maximum absolute atomic E-state index is 9.29. The number of carboxylic acid groups (broad SMARTS) is 1. The van der Waals surface area contributed by atoms with E-state index < -0.39 is 5.97 Å². The highest BCUT2D eigenvalue weighted by molar-refractivity contribution is 8.78. The fourth-order valence-corrected chi connectivity index (χ4v) is 3.33. The Balaban J connectivity index is 0. The van der Waals surface area contributed by atoms with Crippen molar-refractivity contribution in [2.45, 2.75) is 78.1 Å². The van der Waals surface area contributed by atoms with Gasteiger partial charge >= 0.3 is 5.97 Å². The molecule has 0 atom stereocenters. The lowest BCUT2D eigenvalue weighted by molar-refractivity contribution is -0.133. The van der Waals surface area contributed by atoms with Crippen LogP contribution in [0, 0.1) is 0 Å². The Labute approximate surface area is 151 Å². The highest BCUT2D eigenvalue weighted by Crippen LogP contribution is 2.27. The Morgan fingerprint density at radius 1 is 1.00 bits per heavy atom. The van der Waals surface area contributed by atoms with E-state index in [-0.39, 0.29) is 5.75 Å². The summed E-state index contributed by atoms with van der Waals surface area (Å²) < 4.78 is 0. The van der Waals surface area contributed by atoms with E-state index in [2.05, 4.69) is 38.0 Å². The van der Waals surface area contributed by atoms with Gasteiger partial charge in [0.05, 0.1) is 5.75 Å². The summed E-state index contributed by atoms with van der Waals surface area (Å²) in [6.07, 6.45) is 16.6. The van der Waals surface area contributed by atoms with Gasteiger partial charge in [0.25, 0.3) is 0 Å². The zero-order valence-electron chi connectivity index (χ0n) is 14.3. The van der Waals surface area contributed by atoms with Crippen molar-refractivity contribution in [2.24, 2.45) is 0 Å². The number of thiol groups is 1. The van der Waals surface area contributed by atoms with Crippen LogP contribution >= 0.6 is 34.2 Å². The fraction of sp³-hybridized carbons (Fsp3) is 0.824. The molecule has 0 unspecified atom stereocenters. The number of hydrogen-bond donors (Lipinski definition) is 2. The molecule has 0 saturated heterocycles. The summed E-state index contributed by atoms with van der Waals surface area (Å²) in [5, 5.41) is 9.76. The molecule has 0 aromatic heterocycles. The van der Waals surface area contributed by atoms with Crippen molar-refractivity contribution in [1.29, 1.82) is 0 Å². The van der Waals surface area contributed by atoms with Crippen LogP contribution in [0.5, 0.6) is 0 Å². The molecule has 1 aliphatic rings. The monoisotopic (exact) mass is 366 g/mol. The number of hydrogen-bond acceptors (Lipinski definition) is 4. The van der Waals surface area contributed by atoms with E-state index in [1.165, 1.54) is 70.0 Å². The first kappa shape index (κ1) is 24.5. The van der Waals surface area contributed by atoms with Gasteiger partial charge in [-0.1, -0.05) is 106 Å². The minimum atomic E-state index is -0.881. The topological polar surface area (TPSA) is 37.3 Å². The Bertz CT molecular complexity index is 230. The van der Waals surface area contributed by atoms with Crippen LogP contribution < -0.4 is 0 Å². The molecule has 22 heavy (non-hydrogen) atoms. The molecule has 0 bridgehead atoms. The van der Waals surface area contributed by atoms with Crippen molar-refractivity contribution in [3.05, 3.63) is 11.5 Å². The van der Waals surface area contributed by atoms with Gasteiger partial charge in [0.15, 0.2) is 0 Å². The normalized spacial score (nSPS) is 12.1. The third-order valence-electron chi connectivity index (χ3n) is 2.98. The second-order valence-electron chi connectivity index (χ2n) is 5.13. The average molecular weight is 367 g/mol. The van der Waals surface area contributed by atoms with E-state index in [0.29, 0.717) is 0 Å². The van der Waals surface area contributed by atoms with Crippen LogP contribution in [0.1, 0.15) is 78.1 Å². The van der Waals surface area contributed by atoms with Crippen LogP contribution in [-0.2, 0) is 4.79 Å². The number of rotatable bonds is 10. The number of aliphatic carboxylic acids is 1. The average Bonchev–Trinajstić information content (AvgIpc) is 3.10. The molecule has 1 heterocycles. The SMILES string of the molecule is C1=CSSC1.CCCCCCCCCCCC.O=C(O)CS. The molecule has 1 rings (SSSR count). The van der Waals surface area contributed by atoms with E-state index in [9.17, 15) is 4.79 Å². The largest absolute Gasteiger partial charge is 0.481 e. The van der Waals surface area contributed by atoms with Gasteiger partial charge in [-0.3, -0.25) is 4.79 Å². The molecular weight excluding hydrogens is 332 g/mol. The first-order chi connectivity index (χ1) is 10.7. The minimum Gasteiger partial charge on any atom is -0.481 e.